The lowest BCUT2D eigenvalue weighted by Gasteiger charge is -2.11. The van der Waals surface area contributed by atoms with Crippen molar-refractivity contribution in [1.82, 2.24) is 4.90 Å². The number of hydrogen-bond donors (Lipinski definition) is 0. The molecule has 0 bridgehead atoms. The van der Waals surface area contributed by atoms with E-state index in [9.17, 15) is 13.6 Å². The van der Waals surface area contributed by atoms with Gasteiger partial charge in [0, 0.05) is 20.0 Å². The highest BCUT2D eigenvalue weighted by molar-refractivity contribution is 6.33. The minimum Gasteiger partial charge on any atom is -0.462 e. The van der Waals surface area contributed by atoms with Crippen molar-refractivity contribution in [2.24, 2.45) is 10.9 Å². The number of alkyl halides is 2. The quantitative estimate of drug-likeness (QED) is 0.444. The van der Waals surface area contributed by atoms with E-state index in [1.807, 2.05) is 18.9 Å². The Balaban J connectivity index is 2.06. The molecule has 1 fully saturated rings. The molecule has 0 aliphatic heterocycles. The number of carbonyl (C=O) groups excluding carboxylic acids is 1. The molecular weight excluding hydrogens is 326 g/mol. The molecule has 1 aromatic carbocycles. The second-order valence-corrected chi connectivity index (χ2v) is 6.10. The molecule has 1 aliphatic carbocycles. The molecule has 2 rings (SSSR count). The summed E-state index contributed by atoms with van der Waals surface area (Å²) in [6.07, 6.45) is 1.42. The topological polar surface area (TPSA) is 41.9 Å². The molecule has 126 valence electrons. The molecule has 1 atom stereocenters. The lowest BCUT2D eigenvalue weighted by Crippen LogP contribution is -2.14. The summed E-state index contributed by atoms with van der Waals surface area (Å²) in [6, 6.07) is 3.13. The standard InChI is InChI=1S/C16H19ClF2N2O2/c1-4-21(3)9-20-14-5-10(2)12(6-13(14)17)15(22)23-8-11-7-16(11,18)19/h5-6,9,11H,4,7-8H2,1-3H3. The highest BCUT2D eigenvalue weighted by atomic mass is 35.5. The summed E-state index contributed by atoms with van der Waals surface area (Å²) in [6.45, 7) is 4.24. The minimum absolute atomic E-state index is 0.224. The first kappa shape index (κ1) is 17.7. The second kappa shape index (κ2) is 6.83. The van der Waals surface area contributed by atoms with Crippen LogP contribution in [0.3, 0.4) is 0 Å². The van der Waals surface area contributed by atoms with Gasteiger partial charge in [-0.25, -0.2) is 18.6 Å². The zero-order valence-corrected chi connectivity index (χ0v) is 14.0. The number of rotatable bonds is 6. The average molecular weight is 345 g/mol. The molecule has 0 spiro atoms. The highest BCUT2D eigenvalue weighted by Crippen LogP contribution is 2.48. The summed E-state index contributed by atoms with van der Waals surface area (Å²) in [5.74, 6) is -4.21. The van der Waals surface area contributed by atoms with E-state index >= 15 is 0 Å². The SMILES string of the molecule is CCN(C)C=Nc1cc(C)c(C(=O)OCC2CC2(F)F)cc1Cl. The predicted octanol–water partition coefficient (Wildman–Crippen LogP) is 4.07. The first-order valence-corrected chi connectivity index (χ1v) is 7.72. The Hall–Kier alpha value is -1.69. The molecule has 1 aliphatic rings. The number of esters is 1. The Kier molecular flexibility index (Phi) is 5.24. The van der Waals surface area contributed by atoms with Crippen LogP contribution in [0.4, 0.5) is 14.5 Å². The van der Waals surface area contributed by atoms with E-state index in [-0.39, 0.29) is 18.6 Å². The lowest BCUT2D eigenvalue weighted by atomic mass is 10.1. The summed E-state index contributed by atoms with van der Waals surface area (Å²) < 4.78 is 30.5. The van der Waals surface area contributed by atoms with Gasteiger partial charge in [-0.2, -0.15) is 0 Å². The van der Waals surface area contributed by atoms with E-state index < -0.39 is 17.8 Å². The van der Waals surface area contributed by atoms with Crippen LogP contribution in [0.2, 0.25) is 5.02 Å². The van der Waals surface area contributed by atoms with Crippen molar-refractivity contribution in [3.63, 3.8) is 0 Å². The van der Waals surface area contributed by atoms with Gasteiger partial charge in [0.2, 0.25) is 0 Å². The Morgan fingerprint density at radius 1 is 1.57 bits per heavy atom. The normalized spacial score (nSPS) is 19.0. The van der Waals surface area contributed by atoms with Crippen molar-refractivity contribution in [1.29, 1.82) is 0 Å². The molecule has 23 heavy (non-hydrogen) atoms. The third-order valence-electron chi connectivity index (χ3n) is 3.78. The average Bonchev–Trinajstić information content (AvgIpc) is 3.12. The van der Waals surface area contributed by atoms with E-state index in [1.54, 1.807) is 19.3 Å². The smallest absolute Gasteiger partial charge is 0.338 e. The number of nitrogens with zero attached hydrogens (tertiary/aromatic N) is 2. The Bertz CT molecular complexity index is 635. The zero-order chi connectivity index (χ0) is 17.2. The molecule has 0 aromatic heterocycles. The van der Waals surface area contributed by atoms with Gasteiger partial charge in [-0.1, -0.05) is 11.6 Å². The zero-order valence-electron chi connectivity index (χ0n) is 13.3. The van der Waals surface area contributed by atoms with Crippen LogP contribution in [-0.4, -0.2) is 43.3 Å². The molecule has 0 amide bonds. The van der Waals surface area contributed by atoms with Crippen LogP contribution in [0.15, 0.2) is 17.1 Å². The number of carbonyl (C=O) groups is 1. The van der Waals surface area contributed by atoms with Crippen LogP contribution in [-0.2, 0) is 4.74 Å². The summed E-state index contributed by atoms with van der Waals surface area (Å²) in [5, 5.41) is 0.306. The Labute approximate surface area is 139 Å². The minimum atomic E-state index is -2.70. The van der Waals surface area contributed by atoms with Gasteiger partial charge in [-0.3, -0.25) is 0 Å². The number of aliphatic imine (C=N–C) groups is 1. The number of aryl methyl sites for hydroxylation is 1. The molecular formula is C16H19ClF2N2O2. The van der Waals surface area contributed by atoms with Crippen LogP contribution in [0.25, 0.3) is 0 Å². The molecule has 0 radical (unpaired) electrons. The second-order valence-electron chi connectivity index (χ2n) is 5.70. The molecule has 4 nitrogen and oxygen atoms in total. The number of benzene rings is 1. The lowest BCUT2D eigenvalue weighted by molar-refractivity contribution is 0.0367. The van der Waals surface area contributed by atoms with Gasteiger partial charge < -0.3 is 9.64 Å². The number of hydrogen-bond acceptors (Lipinski definition) is 3. The van der Waals surface area contributed by atoms with Crippen molar-refractivity contribution in [2.45, 2.75) is 26.2 Å². The van der Waals surface area contributed by atoms with Gasteiger partial charge in [0.1, 0.15) is 6.61 Å². The predicted molar refractivity (Wildman–Crippen MR) is 86.0 cm³/mol. The van der Waals surface area contributed by atoms with Crippen molar-refractivity contribution >= 4 is 29.6 Å². The van der Waals surface area contributed by atoms with E-state index in [2.05, 4.69) is 4.99 Å². The third-order valence-corrected chi connectivity index (χ3v) is 4.08. The fraction of sp³-hybridized carbons (Fsp3) is 0.500. The van der Waals surface area contributed by atoms with Gasteiger partial charge in [0.05, 0.1) is 28.5 Å². The third kappa shape index (κ3) is 4.41. The maximum Gasteiger partial charge on any atom is 0.338 e. The first-order valence-electron chi connectivity index (χ1n) is 7.34. The summed E-state index contributed by atoms with van der Waals surface area (Å²) in [7, 11) is 1.88. The summed E-state index contributed by atoms with van der Waals surface area (Å²) in [5.41, 5.74) is 1.43. The van der Waals surface area contributed by atoms with E-state index in [0.717, 1.165) is 6.54 Å². The van der Waals surface area contributed by atoms with E-state index in [4.69, 9.17) is 16.3 Å². The molecule has 1 aromatic rings. The number of halogens is 3. The molecule has 1 saturated carbocycles. The van der Waals surface area contributed by atoms with Crippen molar-refractivity contribution in [3.8, 4) is 0 Å². The summed E-state index contributed by atoms with van der Waals surface area (Å²) >= 11 is 6.13. The van der Waals surface area contributed by atoms with Gasteiger partial charge in [0.15, 0.2) is 0 Å². The molecule has 0 N–H and O–H groups in total. The van der Waals surface area contributed by atoms with E-state index in [1.165, 1.54) is 6.07 Å². The number of ether oxygens (including phenoxy) is 1. The monoisotopic (exact) mass is 344 g/mol. The van der Waals surface area contributed by atoms with Gasteiger partial charge in [-0.15, -0.1) is 0 Å². The largest absolute Gasteiger partial charge is 0.462 e. The van der Waals surface area contributed by atoms with Crippen molar-refractivity contribution in [3.05, 3.63) is 28.3 Å². The van der Waals surface area contributed by atoms with Crippen LogP contribution in [0.1, 0.15) is 29.3 Å². The van der Waals surface area contributed by atoms with Crippen LogP contribution in [0.5, 0.6) is 0 Å². The Morgan fingerprint density at radius 2 is 2.22 bits per heavy atom. The van der Waals surface area contributed by atoms with Crippen LogP contribution < -0.4 is 0 Å². The van der Waals surface area contributed by atoms with Crippen LogP contribution in [0, 0.1) is 12.8 Å². The van der Waals surface area contributed by atoms with Crippen LogP contribution >= 0.6 is 11.6 Å². The molecule has 0 saturated heterocycles. The fourth-order valence-corrected chi connectivity index (χ4v) is 2.14. The fourth-order valence-electron chi connectivity index (χ4n) is 1.93. The first-order chi connectivity index (χ1) is 10.7. The molecule has 1 unspecified atom stereocenters. The van der Waals surface area contributed by atoms with Gasteiger partial charge in [-0.05, 0) is 31.5 Å². The van der Waals surface area contributed by atoms with Crippen molar-refractivity contribution < 1.29 is 18.3 Å². The van der Waals surface area contributed by atoms with Crippen molar-refractivity contribution in [2.75, 3.05) is 20.2 Å². The maximum atomic E-state index is 12.8. The Morgan fingerprint density at radius 3 is 2.78 bits per heavy atom. The molecule has 7 heteroatoms. The molecule has 0 heterocycles. The van der Waals surface area contributed by atoms with Gasteiger partial charge in [0.25, 0.3) is 5.92 Å². The maximum absolute atomic E-state index is 12.8. The van der Waals surface area contributed by atoms with E-state index in [0.29, 0.717) is 16.3 Å². The van der Waals surface area contributed by atoms with Gasteiger partial charge >= 0.3 is 5.97 Å². The highest BCUT2D eigenvalue weighted by Gasteiger charge is 2.57. The summed E-state index contributed by atoms with van der Waals surface area (Å²) in [4.78, 5) is 18.1.